The molecule has 2 rings (SSSR count). The Morgan fingerprint density at radius 1 is 1.47 bits per heavy atom. The summed E-state index contributed by atoms with van der Waals surface area (Å²) < 4.78 is 5.51. The van der Waals surface area contributed by atoms with Crippen LogP contribution in [-0.4, -0.2) is 43.2 Å². The number of nitrogens with one attached hydrogen (secondary N) is 2. The highest BCUT2D eigenvalue weighted by atomic mass is 16.5. The molecule has 0 aromatic carbocycles. The molecule has 3 atom stereocenters. The first-order valence-corrected chi connectivity index (χ1v) is 6.11. The summed E-state index contributed by atoms with van der Waals surface area (Å²) in [6, 6.07) is 0.0285. The van der Waals surface area contributed by atoms with E-state index in [1.165, 1.54) is 0 Å². The lowest BCUT2D eigenvalue weighted by Crippen LogP contribution is -2.50. The number of amides is 2. The maximum Gasteiger partial charge on any atom is 0.249 e. The summed E-state index contributed by atoms with van der Waals surface area (Å²) in [5.41, 5.74) is 5.49. The quantitative estimate of drug-likeness (QED) is 0.584. The molecule has 2 aliphatic heterocycles. The van der Waals surface area contributed by atoms with E-state index in [9.17, 15) is 9.59 Å². The monoisotopic (exact) mass is 241 g/mol. The van der Waals surface area contributed by atoms with E-state index in [4.69, 9.17) is 10.5 Å². The summed E-state index contributed by atoms with van der Waals surface area (Å²) >= 11 is 0. The molecule has 0 aromatic rings. The highest BCUT2D eigenvalue weighted by Crippen LogP contribution is 2.19. The smallest absolute Gasteiger partial charge is 0.249 e. The second-order valence-electron chi connectivity index (χ2n) is 4.61. The van der Waals surface area contributed by atoms with Crippen molar-refractivity contribution in [1.82, 2.24) is 10.6 Å². The fraction of sp³-hybridized carbons (Fsp3) is 0.818. The fourth-order valence-electron chi connectivity index (χ4n) is 2.22. The van der Waals surface area contributed by atoms with Crippen molar-refractivity contribution in [2.75, 3.05) is 13.1 Å². The molecule has 0 radical (unpaired) electrons. The standard InChI is InChI=1S/C11H19N3O3/c12-5-8-2-3-9(17-8)11(16)14-7-1-4-10(15)13-6-7/h7-9H,1-6,12H2,(H,13,15)(H,14,16). The van der Waals surface area contributed by atoms with Crippen LogP contribution in [0.3, 0.4) is 0 Å². The summed E-state index contributed by atoms with van der Waals surface area (Å²) in [4.78, 5) is 22.8. The Hall–Kier alpha value is -1.14. The Labute approximate surface area is 100 Å². The van der Waals surface area contributed by atoms with Crippen molar-refractivity contribution in [1.29, 1.82) is 0 Å². The molecule has 6 nitrogen and oxygen atoms in total. The molecular formula is C11H19N3O3. The Morgan fingerprint density at radius 2 is 2.29 bits per heavy atom. The van der Waals surface area contributed by atoms with E-state index in [2.05, 4.69) is 10.6 Å². The van der Waals surface area contributed by atoms with Crippen LogP contribution in [0.4, 0.5) is 0 Å². The zero-order valence-corrected chi connectivity index (χ0v) is 9.78. The van der Waals surface area contributed by atoms with Gasteiger partial charge in [-0.3, -0.25) is 9.59 Å². The molecule has 0 saturated carbocycles. The van der Waals surface area contributed by atoms with E-state index in [0.29, 0.717) is 25.9 Å². The van der Waals surface area contributed by atoms with Crippen LogP contribution in [0.25, 0.3) is 0 Å². The minimum absolute atomic E-state index is 0.0109. The van der Waals surface area contributed by atoms with Gasteiger partial charge < -0.3 is 21.1 Å². The van der Waals surface area contributed by atoms with Crippen LogP contribution < -0.4 is 16.4 Å². The second kappa shape index (κ2) is 5.46. The van der Waals surface area contributed by atoms with Crippen LogP contribution in [0.1, 0.15) is 25.7 Å². The Kier molecular flexibility index (Phi) is 3.96. The fourth-order valence-corrected chi connectivity index (χ4v) is 2.22. The highest BCUT2D eigenvalue weighted by Gasteiger charge is 2.31. The van der Waals surface area contributed by atoms with Crippen molar-refractivity contribution >= 4 is 11.8 Å². The third-order valence-corrected chi connectivity index (χ3v) is 3.27. The van der Waals surface area contributed by atoms with Crippen LogP contribution in [-0.2, 0) is 14.3 Å². The largest absolute Gasteiger partial charge is 0.364 e. The second-order valence-corrected chi connectivity index (χ2v) is 4.61. The lowest BCUT2D eigenvalue weighted by atomic mass is 10.1. The first-order chi connectivity index (χ1) is 8.19. The molecular weight excluding hydrogens is 222 g/mol. The topological polar surface area (TPSA) is 93.5 Å². The maximum atomic E-state index is 11.9. The van der Waals surface area contributed by atoms with Crippen molar-refractivity contribution in [3.63, 3.8) is 0 Å². The van der Waals surface area contributed by atoms with Gasteiger partial charge in [-0.05, 0) is 19.3 Å². The number of carbonyl (C=O) groups excluding carboxylic acids is 2. The SMILES string of the molecule is NCC1CCC(C(=O)NC2CCC(=O)NC2)O1. The molecule has 17 heavy (non-hydrogen) atoms. The minimum atomic E-state index is -0.374. The maximum absolute atomic E-state index is 11.9. The zero-order chi connectivity index (χ0) is 12.3. The van der Waals surface area contributed by atoms with Gasteiger partial charge in [0, 0.05) is 25.6 Å². The number of rotatable bonds is 3. The number of hydrogen-bond donors (Lipinski definition) is 3. The average molecular weight is 241 g/mol. The molecule has 2 saturated heterocycles. The predicted molar refractivity (Wildman–Crippen MR) is 61.1 cm³/mol. The van der Waals surface area contributed by atoms with E-state index in [1.54, 1.807) is 0 Å². The molecule has 96 valence electrons. The van der Waals surface area contributed by atoms with E-state index in [-0.39, 0.29) is 30.1 Å². The molecule has 0 aromatic heterocycles. The summed E-state index contributed by atoms with van der Waals surface area (Å²) in [5, 5.41) is 5.64. The van der Waals surface area contributed by atoms with Crippen LogP contribution >= 0.6 is 0 Å². The molecule has 0 bridgehead atoms. The molecule has 0 aliphatic carbocycles. The summed E-state index contributed by atoms with van der Waals surface area (Å²) in [6.07, 6.45) is 2.38. The third-order valence-electron chi connectivity index (χ3n) is 3.27. The first-order valence-electron chi connectivity index (χ1n) is 6.11. The molecule has 3 unspecified atom stereocenters. The van der Waals surface area contributed by atoms with Gasteiger partial charge in [0.1, 0.15) is 6.10 Å². The van der Waals surface area contributed by atoms with Gasteiger partial charge in [0.2, 0.25) is 11.8 Å². The molecule has 6 heteroatoms. The molecule has 0 spiro atoms. The van der Waals surface area contributed by atoms with E-state index < -0.39 is 0 Å². The Bertz CT molecular complexity index is 298. The zero-order valence-electron chi connectivity index (χ0n) is 9.78. The van der Waals surface area contributed by atoms with Crippen LogP contribution in [0.2, 0.25) is 0 Å². The number of ether oxygens (including phenoxy) is 1. The van der Waals surface area contributed by atoms with Crippen LogP contribution in [0, 0.1) is 0 Å². The van der Waals surface area contributed by atoms with Crippen molar-refractivity contribution in [3.8, 4) is 0 Å². The first kappa shape index (κ1) is 12.3. The Morgan fingerprint density at radius 3 is 2.88 bits per heavy atom. The minimum Gasteiger partial charge on any atom is -0.364 e. The van der Waals surface area contributed by atoms with Gasteiger partial charge in [0.05, 0.1) is 6.10 Å². The van der Waals surface area contributed by atoms with Crippen molar-refractivity contribution in [2.45, 2.75) is 43.9 Å². The van der Waals surface area contributed by atoms with Crippen LogP contribution in [0.5, 0.6) is 0 Å². The lowest BCUT2D eigenvalue weighted by molar-refractivity contribution is -0.133. The number of hydrogen-bond acceptors (Lipinski definition) is 4. The summed E-state index contributed by atoms with van der Waals surface area (Å²) in [7, 11) is 0. The lowest BCUT2D eigenvalue weighted by Gasteiger charge is -2.24. The predicted octanol–water partition coefficient (Wildman–Crippen LogP) is -1.11. The highest BCUT2D eigenvalue weighted by molar-refractivity contribution is 5.82. The molecule has 2 heterocycles. The van der Waals surface area contributed by atoms with Gasteiger partial charge in [-0.25, -0.2) is 0 Å². The summed E-state index contributed by atoms with van der Waals surface area (Å²) in [6.45, 7) is 0.973. The number of carbonyl (C=O) groups is 2. The number of nitrogens with two attached hydrogens (primary N) is 1. The normalized spacial score (nSPS) is 33.2. The molecule has 4 N–H and O–H groups in total. The van der Waals surface area contributed by atoms with Crippen molar-refractivity contribution in [3.05, 3.63) is 0 Å². The summed E-state index contributed by atoms with van der Waals surface area (Å²) in [5.74, 6) is -0.0297. The van der Waals surface area contributed by atoms with Crippen molar-refractivity contribution in [2.24, 2.45) is 5.73 Å². The van der Waals surface area contributed by atoms with E-state index >= 15 is 0 Å². The molecule has 2 amide bonds. The van der Waals surface area contributed by atoms with Gasteiger partial charge in [0.25, 0.3) is 0 Å². The third kappa shape index (κ3) is 3.17. The molecule has 2 aliphatic rings. The number of piperidine rings is 1. The van der Waals surface area contributed by atoms with Gasteiger partial charge in [-0.1, -0.05) is 0 Å². The van der Waals surface area contributed by atoms with Gasteiger partial charge in [-0.15, -0.1) is 0 Å². The van der Waals surface area contributed by atoms with Gasteiger partial charge >= 0.3 is 0 Å². The Balaban J connectivity index is 1.75. The van der Waals surface area contributed by atoms with Gasteiger partial charge in [-0.2, -0.15) is 0 Å². The van der Waals surface area contributed by atoms with Crippen molar-refractivity contribution < 1.29 is 14.3 Å². The van der Waals surface area contributed by atoms with E-state index in [0.717, 1.165) is 12.8 Å². The van der Waals surface area contributed by atoms with E-state index in [1.807, 2.05) is 0 Å². The average Bonchev–Trinajstić information content (AvgIpc) is 2.81. The van der Waals surface area contributed by atoms with Crippen LogP contribution in [0.15, 0.2) is 0 Å². The van der Waals surface area contributed by atoms with Gasteiger partial charge in [0.15, 0.2) is 0 Å². The molecule has 2 fully saturated rings.